The molecule has 0 bridgehead atoms. The highest BCUT2D eigenvalue weighted by atomic mass is 35.5. The van der Waals surface area contributed by atoms with Crippen LogP contribution in [0.3, 0.4) is 0 Å². The molecule has 2 aromatic rings. The largest absolute Gasteiger partial charge is 0.301 e. The fraction of sp³-hybridized carbons (Fsp3) is 0.105. The van der Waals surface area contributed by atoms with Gasteiger partial charge in [-0.15, -0.1) is 0 Å². The average Bonchev–Trinajstić information content (AvgIpc) is 2.65. The highest BCUT2D eigenvalue weighted by molar-refractivity contribution is 7.80. The number of nitrogens with zero attached hydrogens (tertiary/aromatic N) is 2. The van der Waals surface area contributed by atoms with Gasteiger partial charge in [0.25, 0.3) is 11.8 Å². The minimum Gasteiger partial charge on any atom is -0.301 e. The second-order valence-corrected chi connectivity index (χ2v) is 7.35. The standard InChI is InChI=1S/C19H14Cl2N4O3S/c1-10-2-5-12(6-3-10)25-18(28)14(16(26)23-19(25)29)9-22-24-17(27)13-7-4-11(20)8-15(13)21/h2-9,14H,1H3,(H,24,27)(H,23,26,29)/b22-9+/t14-/m0/s1. The number of halogens is 2. The third kappa shape index (κ3) is 4.61. The first-order chi connectivity index (χ1) is 13.8. The van der Waals surface area contributed by atoms with Gasteiger partial charge in [-0.2, -0.15) is 5.10 Å². The van der Waals surface area contributed by atoms with Crippen LogP contribution in [-0.2, 0) is 9.59 Å². The summed E-state index contributed by atoms with van der Waals surface area (Å²) in [5.41, 5.74) is 3.91. The van der Waals surface area contributed by atoms with Crippen molar-refractivity contribution >= 4 is 70.2 Å². The van der Waals surface area contributed by atoms with Crippen LogP contribution in [-0.4, -0.2) is 29.0 Å². The molecular weight excluding hydrogens is 435 g/mol. The maximum Gasteiger partial charge on any atom is 0.272 e. The number of thiocarbonyl (C=S) groups is 1. The van der Waals surface area contributed by atoms with Crippen LogP contribution in [0.5, 0.6) is 0 Å². The lowest BCUT2D eigenvalue weighted by atomic mass is 10.1. The number of carbonyl (C=O) groups is 3. The quantitative estimate of drug-likeness (QED) is 0.325. The minimum atomic E-state index is -1.26. The number of benzene rings is 2. The molecule has 3 amide bonds. The van der Waals surface area contributed by atoms with E-state index in [4.69, 9.17) is 35.4 Å². The van der Waals surface area contributed by atoms with E-state index in [-0.39, 0.29) is 15.7 Å². The Morgan fingerprint density at radius 3 is 2.55 bits per heavy atom. The van der Waals surface area contributed by atoms with Crippen LogP contribution in [0.15, 0.2) is 47.6 Å². The molecule has 1 aliphatic rings. The van der Waals surface area contributed by atoms with Crippen LogP contribution in [0.1, 0.15) is 15.9 Å². The van der Waals surface area contributed by atoms with E-state index in [0.29, 0.717) is 10.7 Å². The van der Waals surface area contributed by atoms with E-state index in [2.05, 4.69) is 15.8 Å². The van der Waals surface area contributed by atoms with Crippen LogP contribution in [0.25, 0.3) is 0 Å². The van der Waals surface area contributed by atoms with Crippen molar-refractivity contribution in [3.63, 3.8) is 0 Å². The summed E-state index contributed by atoms with van der Waals surface area (Å²) in [6.07, 6.45) is 1.04. The zero-order valence-corrected chi connectivity index (χ0v) is 17.3. The van der Waals surface area contributed by atoms with Gasteiger partial charge in [-0.05, 0) is 49.5 Å². The molecule has 1 aliphatic heterocycles. The molecule has 1 heterocycles. The van der Waals surface area contributed by atoms with Crippen molar-refractivity contribution in [3.8, 4) is 0 Å². The van der Waals surface area contributed by atoms with Gasteiger partial charge in [0.1, 0.15) is 0 Å². The second-order valence-electron chi connectivity index (χ2n) is 6.12. The first-order valence-electron chi connectivity index (χ1n) is 8.32. The van der Waals surface area contributed by atoms with Gasteiger partial charge in [0.15, 0.2) is 11.0 Å². The van der Waals surface area contributed by atoms with Crippen LogP contribution < -0.4 is 15.6 Å². The summed E-state index contributed by atoms with van der Waals surface area (Å²) in [5.74, 6) is -3.09. The summed E-state index contributed by atoms with van der Waals surface area (Å²) in [4.78, 5) is 38.4. The molecule has 7 nitrogen and oxygen atoms in total. The number of hydrogen-bond donors (Lipinski definition) is 2. The maximum absolute atomic E-state index is 12.8. The Hall–Kier alpha value is -2.81. The Kier molecular flexibility index (Phi) is 6.26. The van der Waals surface area contributed by atoms with Crippen molar-refractivity contribution in [3.05, 3.63) is 63.6 Å². The summed E-state index contributed by atoms with van der Waals surface area (Å²) in [5, 5.41) is 6.71. The zero-order valence-electron chi connectivity index (χ0n) is 15.0. The Bertz CT molecular complexity index is 1040. The van der Waals surface area contributed by atoms with Crippen LogP contribution in [0, 0.1) is 12.8 Å². The van der Waals surface area contributed by atoms with Crippen molar-refractivity contribution in [1.82, 2.24) is 10.7 Å². The molecule has 0 spiro atoms. The van der Waals surface area contributed by atoms with Crippen LogP contribution >= 0.6 is 35.4 Å². The number of carbonyl (C=O) groups excluding carboxylic acids is 3. The molecule has 148 valence electrons. The number of nitrogens with one attached hydrogen (secondary N) is 2. The lowest BCUT2D eigenvalue weighted by Crippen LogP contribution is -2.58. The summed E-state index contributed by atoms with van der Waals surface area (Å²) < 4.78 is 0. The van der Waals surface area contributed by atoms with Gasteiger partial charge in [0.05, 0.1) is 16.3 Å². The van der Waals surface area contributed by atoms with Gasteiger partial charge in [0.2, 0.25) is 5.91 Å². The molecule has 29 heavy (non-hydrogen) atoms. The summed E-state index contributed by atoms with van der Waals surface area (Å²) in [7, 11) is 0. The number of amides is 3. The monoisotopic (exact) mass is 448 g/mol. The normalized spacial score (nSPS) is 16.9. The Balaban J connectivity index is 1.75. The molecule has 1 fully saturated rings. The van der Waals surface area contributed by atoms with Gasteiger partial charge >= 0.3 is 0 Å². The topological polar surface area (TPSA) is 90.9 Å². The molecule has 2 aromatic carbocycles. The molecule has 0 aromatic heterocycles. The number of hydrogen-bond acceptors (Lipinski definition) is 5. The van der Waals surface area contributed by atoms with Crippen molar-refractivity contribution < 1.29 is 14.4 Å². The van der Waals surface area contributed by atoms with E-state index < -0.39 is 23.6 Å². The number of rotatable bonds is 4. The van der Waals surface area contributed by atoms with Crippen molar-refractivity contribution in [1.29, 1.82) is 0 Å². The van der Waals surface area contributed by atoms with E-state index >= 15 is 0 Å². The Morgan fingerprint density at radius 1 is 1.21 bits per heavy atom. The molecule has 0 aliphatic carbocycles. The van der Waals surface area contributed by atoms with E-state index in [1.165, 1.54) is 23.1 Å². The SMILES string of the molecule is Cc1ccc(N2C(=O)[C@@H](/C=N/NC(=O)c3ccc(Cl)cc3Cl)C(=O)NC2=S)cc1. The first kappa shape index (κ1) is 20.9. The number of anilines is 1. The fourth-order valence-corrected chi connectivity index (χ4v) is 3.35. The number of aryl methyl sites for hydroxylation is 1. The van der Waals surface area contributed by atoms with Gasteiger partial charge < -0.3 is 5.32 Å². The predicted molar refractivity (Wildman–Crippen MR) is 115 cm³/mol. The number of hydrazone groups is 1. The molecule has 0 radical (unpaired) electrons. The lowest BCUT2D eigenvalue weighted by Gasteiger charge is -2.30. The smallest absolute Gasteiger partial charge is 0.272 e. The summed E-state index contributed by atoms with van der Waals surface area (Å²) in [6, 6.07) is 11.4. The minimum absolute atomic E-state index is 0.0227. The average molecular weight is 449 g/mol. The van der Waals surface area contributed by atoms with Gasteiger partial charge in [-0.3, -0.25) is 19.3 Å². The van der Waals surface area contributed by atoms with E-state index in [0.717, 1.165) is 11.8 Å². The van der Waals surface area contributed by atoms with Crippen molar-refractivity contribution in [2.45, 2.75) is 6.92 Å². The fourth-order valence-electron chi connectivity index (χ4n) is 2.56. The van der Waals surface area contributed by atoms with Crippen LogP contribution in [0.2, 0.25) is 10.0 Å². The molecule has 1 saturated heterocycles. The molecule has 1 atom stereocenters. The maximum atomic E-state index is 12.8. The third-order valence-corrected chi connectivity index (χ3v) is 4.89. The van der Waals surface area contributed by atoms with Crippen molar-refractivity contribution in [2.24, 2.45) is 11.0 Å². The highest BCUT2D eigenvalue weighted by Crippen LogP contribution is 2.22. The molecule has 2 N–H and O–H groups in total. The zero-order chi connectivity index (χ0) is 21.1. The van der Waals surface area contributed by atoms with E-state index in [9.17, 15) is 14.4 Å². The van der Waals surface area contributed by atoms with Crippen LogP contribution in [0.4, 0.5) is 5.69 Å². The Labute approximate surface area is 181 Å². The lowest BCUT2D eigenvalue weighted by molar-refractivity contribution is -0.130. The molecule has 0 saturated carbocycles. The first-order valence-corrected chi connectivity index (χ1v) is 9.48. The summed E-state index contributed by atoms with van der Waals surface area (Å²) in [6.45, 7) is 1.91. The third-order valence-electron chi connectivity index (χ3n) is 4.06. The van der Waals surface area contributed by atoms with Gasteiger partial charge in [0, 0.05) is 11.2 Å². The van der Waals surface area contributed by atoms with Crippen molar-refractivity contribution in [2.75, 3.05) is 4.90 Å². The molecule has 3 rings (SSSR count). The Morgan fingerprint density at radius 2 is 1.90 bits per heavy atom. The van der Waals surface area contributed by atoms with E-state index in [1.54, 1.807) is 12.1 Å². The van der Waals surface area contributed by atoms with E-state index in [1.807, 2.05) is 19.1 Å². The van der Waals surface area contributed by atoms with Gasteiger partial charge in [-0.25, -0.2) is 5.43 Å². The molecular formula is C19H14Cl2N4O3S. The molecule has 10 heteroatoms. The highest BCUT2D eigenvalue weighted by Gasteiger charge is 2.38. The predicted octanol–water partition coefficient (Wildman–Crippen LogP) is 3.08. The van der Waals surface area contributed by atoms with Gasteiger partial charge in [-0.1, -0.05) is 40.9 Å². The summed E-state index contributed by atoms with van der Waals surface area (Å²) >= 11 is 16.9. The molecule has 0 unspecified atom stereocenters. The second kappa shape index (κ2) is 8.69.